The maximum atomic E-state index is 10.3. The molecule has 0 saturated carbocycles. The third kappa shape index (κ3) is 2.56. The molecule has 2 aromatic rings. The van der Waals surface area contributed by atoms with Crippen LogP contribution in [-0.4, -0.2) is 12.3 Å². The lowest BCUT2D eigenvalue weighted by Gasteiger charge is -2.20. The molecule has 122 valence electrons. The van der Waals surface area contributed by atoms with Gasteiger partial charge in [-0.15, -0.1) is 0 Å². The van der Waals surface area contributed by atoms with E-state index in [1.807, 2.05) is 30.3 Å². The lowest BCUT2D eigenvalue weighted by atomic mass is 10.0. The van der Waals surface area contributed by atoms with Gasteiger partial charge in [-0.2, -0.15) is 0 Å². The van der Waals surface area contributed by atoms with Crippen molar-refractivity contribution in [2.45, 2.75) is 26.4 Å². The standard InChI is InChI=1S/C18H16N2O4/c19-18-15-5-17-16(4-13(15)6-20-18)23-8-12-2-1-11(7-22-10-21)3-14(12)9-24-17/h1-5,10H,6-9H2,(H2,19,20). The molecule has 4 rings (SSSR count). The zero-order valence-corrected chi connectivity index (χ0v) is 13.0. The Morgan fingerprint density at radius 1 is 1.08 bits per heavy atom. The number of carbonyl (C=O) groups excluding carboxylic acids is 1. The van der Waals surface area contributed by atoms with Gasteiger partial charge in [0.15, 0.2) is 11.5 Å². The fourth-order valence-electron chi connectivity index (χ4n) is 2.94. The quantitative estimate of drug-likeness (QED) is 0.874. The van der Waals surface area contributed by atoms with E-state index in [-0.39, 0.29) is 6.61 Å². The first-order valence-electron chi connectivity index (χ1n) is 7.63. The molecule has 0 unspecified atom stereocenters. The van der Waals surface area contributed by atoms with Crippen LogP contribution in [0.5, 0.6) is 11.5 Å². The molecule has 0 aliphatic carbocycles. The van der Waals surface area contributed by atoms with Crippen LogP contribution in [0.15, 0.2) is 35.3 Å². The third-order valence-corrected chi connectivity index (χ3v) is 4.22. The molecule has 6 heteroatoms. The van der Waals surface area contributed by atoms with Crippen LogP contribution in [0, 0.1) is 0 Å². The summed E-state index contributed by atoms with van der Waals surface area (Å²) >= 11 is 0. The van der Waals surface area contributed by atoms with Gasteiger partial charge in [-0.3, -0.25) is 9.79 Å². The number of hydrogen-bond acceptors (Lipinski definition) is 6. The van der Waals surface area contributed by atoms with Crippen molar-refractivity contribution >= 4 is 12.3 Å². The number of carbonyl (C=O) groups is 1. The summed E-state index contributed by atoms with van der Waals surface area (Å²) in [6.07, 6.45) is 0. The summed E-state index contributed by atoms with van der Waals surface area (Å²) in [6.45, 7) is 2.13. The summed E-state index contributed by atoms with van der Waals surface area (Å²) in [5.41, 5.74) is 10.8. The maximum Gasteiger partial charge on any atom is 0.293 e. The molecule has 0 saturated heterocycles. The van der Waals surface area contributed by atoms with Crippen LogP contribution >= 0.6 is 0 Å². The van der Waals surface area contributed by atoms with Gasteiger partial charge in [0.05, 0.1) is 6.54 Å². The monoisotopic (exact) mass is 324 g/mol. The smallest absolute Gasteiger partial charge is 0.293 e. The predicted molar refractivity (Wildman–Crippen MR) is 86.8 cm³/mol. The average molecular weight is 324 g/mol. The van der Waals surface area contributed by atoms with E-state index >= 15 is 0 Å². The van der Waals surface area contributed by atoms with Crippen LogP contribution in [0.25, 0.3) is 0 Å². The fraction of sp³-hybridized carbons (Fsp3) is 0.222. The predicted octanol–water partition coefficient (Wildman–Crippen LogP) is 2.05. The Bertz CT molecular complexity index is 845. The van der Waals surface area contributed by atoms with E-state index in [1.54, 1.807) is 0 Å². The lowest BCUT2D eigenvalue weighted by Crippen LogP contribution is -2.13. The molecule has 0 atom stereocenters. The Balaban J connectivity index is 1.62. The normalized spacial score (nSPS) is 14.8. The molecule has 24 heavy (non-hydrogen) atoms. The summed E-state index contributed by atoms with van der Waals surface area (Å²) in [5, 5.41) is 0. The van der Waals surface area contributed by atoms with Crippen molar-refractivity contribution in [1.82, 2.24) is 0 Å². The highest BCUT2D eigenvalue weighted by Crippen LogP contribution is 2.36. The first kappa shape index (κ1) is 14.6. The summed E-state index contributed by atoms with van der Waals surface area (Å²) in [5.74, 6) is 1.90. The highest BCUT2D eigenvalue weighted by molar-refractivity contribution is 6.01. The second kappa shape index (κ2) is 5.88. The molecule has 2 heterocycles. The van der Waals surface area contributed by atoms with Crippen molar-refractivity contribution in [3.05, 3.63) is 58.1 Å². The Labute approximate surface area is 138 Å². The number of aliphatic imine (C=N–C) groups is 1. The number of nitrogens with two attached hydrogens (primary N) is 1. The first-order chi connectivity index (χ1) is 11.7. The number of hydrogen-bond donors (Lipinski definition) is 1. The van der Waals surface area contributed by atoms with Crippen LogP contribution in [0.4, 0.5) is 0 Å². The summed E-state index contributed by atoms with van der Waals surface area (Å²) < 4.78 is 16.7. The van der Waals surface area contributed by atoms with Gasteiger partial charge in [-0.1, -0.05) is 12.1 Å². The van der Waals surface area contributed by atoms with Gasteiger partial charge in [0.25, 0.3) is 6.47 Å². The summed E-state index contributed by atoms with van der Waals surface area (Å²) in [4.78, 5) is 14.6. The van der Waals surface area contributed by atoms with Gasteiger partial charge < -0.3 is 19.9 Å². The van der Waals surface area contributed by atoms with Gasteiger partial charge in [0.2, 0.25) is 0 Å². The number of amidine groups is 1. The number of nitrogens with zero attached hydrogens (tertiary/aromatic N) is 1. The van der Waals surface area contributed by atoms with Crippen molar-refractivity contribution in [1.29, 1.82) is 0 Å². The van der Waals surface area contributed by atoms with Crippen molar-refractivity contribution < 1.29 is 19.0 Å². The van der Waals surface area contributed by atoms with E-state index in [1.165, 1.54) is 0 Å². The molecule has 2 aliphatic rings. The molecule has 0 bridgehead atoms. The van der Waals surface area contributed by atoms with Gasteiger partial charge in [-0.25, -0.2) is 0 Å². The summed E-state index contributed by atoms with van der Waals surface area (Å²) in [6, 6.07) is 9.70. The molecule has 2 aliphatic heterocycles. The minimum absolute atomic E-state index is 0.245. The molecule has 0 aromatic heterocycles. The van der Waals surface area contributed by atoms with Crippen LogP contribution < -0.4 is 15.2 Å². The van der Waals surface area contributed by atoms with E-state index in [0.29, 0.717) is 43.6 Å². The van der Waals surface area contributed by atoms with Crippen LogP contribution in [0.2, 0.25) is 0 Å². The fourth-order valence-corrected chi connectivity index (χ4v) is 2.94. The lowest BCUT2D eigenvalue weighted by molar-refractivity contribution is -0.129. The molecule has 2 aromatic carbocycles. The van der Waals surface area contributed by atoms with Gasteiger partial charge in [0.1, 0.15) is 25.7 Å². The molecular formula is C18H16N2O4. The zero-order valence-electron chi connectivity index (χ0n) is 13.0. The molecule has 0 radical (unpaired) electrons. The minimum Gasteiger partial charge on any atom is -0.485 e. The largest absolute Gasteiger partial charge is 0.485 e. The molecule has 0 spiro atoms. The van der Waals surface area contributed by atoms with Crippen molar-refractivity contribution in [3.63, 3.8) is 0 Å². The Hall–Kier alpha value is -3.02. The topological polar surface area (TPSA) is 83.1 Å². The van der Waals surface area contributed by atoms with Gasteiger partial charge in [0, 0.05) is 5.56 Å². The van der Waals surface area contributed by atoms with Crippen LogP contribution in [0.3, 0.4) is 0 Å². The first-order valence-corrected chi connectivity index (χ1v) is 7.63. The second-order valence-electron chi connectivity index (χ2n) is 5.75. The molecule has 2 N–H and O–H groups in total. The Morgan fingerprint density at radius 3 is 2.71 bits per heavy atom. The highest BCUT2D eigenvalue weighted by atomic mass is 16.5. The highest BCUT2D eigenvalue weighted by Gasteiger charge is 2.20. The third-order valence-electron chi connectivity index (χ3n) is 4.22. The van der Waals surface area contributed by atoms with Gasteiger partial charge in [-0.05, 0) is 40.5 Å². The number of fused-ring (bicyclic) bond motifs is 3. The van der Waals surface area contributed by atoms with Crippen LogP contribution in [-0.2, 0) is 35.9 Å². The van der Waals surface area contributed by atoms with E-state index in [9.17, 15) is 4.79 Å². The maximum absolute atomic E-state index is 10.3. The Kier molecular flexibility index (Phi) is 3.57. The SMILES string of the molecule is NC1=NCc2cc3c(cc21)OCc1cc(COC=O)ccc1CO3. The molecule has 6 nitrogen and oxygen atoms in total. The number of ether oxygens (including phenoxy) is 3. The van der Waals surface area contributed by atoms with E-state index in [0.717, 1.165) is 27.8 Å². The average Bonchev–Trinajstić information content (AvgIpc) is 2.94. The zero-order chi connectivity index (χ0) is 16.5. The van der Waals surface area contributed by atoms with Crippen molar-refractivity contribution in [2.75, 3.05) is 0 Å². The molecule has 0 fully saturated rings. The van der Waals surface area contributed by atoms with E-state index in [2.05, 4.69) is 4.99 Å². The number of rotatable bonds is 3. The Morgan fingerprint density at radius 2 is 1.88 bits per heavy atom. The van der Waals surface area contributed by atoms with Crippen molar-refractivity contribution in [2.24, 2.45) is 10.7 Å². The van der Waals surface area contributed by atoms with Crippen LogP contribution in [0.1, 0.15) is 27.8 Å². The van der Waals surface area contributed by atoms with E-state index in [4.69, 9.17) is 19.9 Å². The second-order valence-corrected chi connectivity index (χ2v) is 5.75. The molecular weight excluding hydrogens is 308 g/mol. The van der Waals surface area contributed by atoms with E-state index < -0.39 is 0 Å². The summed E-state index contributed by atoms with van der Waals surface area (Å²) in [7, 11) is 0. The number of benzene rings is 2. The van der Waals surface area contributed by atoms with Crippen molar-refractivity contribution in [3.8, 4) is 11.5 Å². The molecule has 0 amide bonds. The van der Waals surface area contributed by atoms with Gasteiger partial charge >= 0.3 is 0 Å². The minimum atomic E-state index is 0.245.